The highest BCUT2D eigenvalue weighted by Gasteiger charge is 2.40. The summed E-state index contributed by atoms with van der Waals surface area (Å²) in [5.74, 6) is 0.0776. The van der Waals surface area contributed by atoms with E-state index in [2.05, 4.69) is 19.9 Å². The van der Waals surface area contributed by atoms with Crippen LogP contribution in [-0.4, -0.2) is 51.4 Å². The highest BCUT2D eigenvalue weighted by atomic mass is 16.7. The Morgan fingerprint density at radius 1 is 1.17 bits per heavy atom. The standard InChI is InChI=1S/C16H18N6O2/c17-14-12-9-18-10-22(12)15-13(20-14)11(1-4-19-15)21-5-2-16(3-6-21)23-7-8-24-16/h1,4,9-10H,2-3,5-8H2,(H2,17,20). The molecule has 2 fully saturated rings. The zero-order chi connectivity index (χ0) is 16.1. The fraction of sp³-hybridized carbons (Fsp3) is 0.438. The molecule has 0 aliphatic carbocycles. The van der Waals surface area contributed by atoms with Crippen LogP contribution in [0.1, 0.15) is 12.8 Å². The molecular weight excluding hydrogens is 308 g/mol. The average Bonchev–Trinajstić information content (AvgIpc) is 3.26. The summed E-state index contributed by atoms with van der Waals surface area (Å²) in [6.07, 6.45) is 6.93. The van der Waals surface area contributed by atoms with E-state index in [0.717, 1.165) is 48.3 Å². The molecule has 0 amide bonds. The van der Waals surface area contributed by atoms with Crippen molar-refractivity contribution in [2.75, 3.05) is 36.9 Å². The van der Waals surface area contributed by atoms with Gasteiger partial charge in [0.15, 0.2) is 11.4 Å². The van der Waals surface area contributed by atoms with Crippen LogP contribution in [0.2, 0.25) is 0 Å². The number of pyridine rings is 1. The maximum atomic E-state index is 6.10. The highest BCUT2D eigenvalue weighted by Crippen LogP contribution is 2.35. The van der Waals surface area contributed by atoms with Crippen molar-refractivity contribution in [1.29, 1.82) is 0 Å². The lowest BCUT2D eigenvalue weighted by atomic mass is 10.0. The van der Waals surface area contributed by atoms with Crippen LogP contribution in [-0.2, 0) is 9.47 Å². The minimum atomic E-state index is -0.386. The van der Waals surface area contributed by atoms with E-state index in [1.165, 1.54) is 0 Å². The second-order valence-electron chi connectivity index (χ2n) is 6.24. The summed E-state index contributed by atoms with van der Waals surface area (Å²) in [5, 5.41) is 0. The first-order valence-electron chi connectivity index (χ1n) is 8.15. The van der Waals surface area contributed by atoms with Gasteiger partial charge in [0.05, 0.1) is 25.1 Å². The van der Waals surface area contributed by atoms with Gasteiger partial charge in [0.1, 0.15) is 23.2 Å². The Kier molecular flexibility index (Phi) is 2.92. The zero-order valence-corrected chi connectivity index (χ0v) is 13.2. The average molecular weight is 326 g/mol. The molecule has 2 saturated heterocycles. The minimum absolute atomic E-state index is 0.386. The first-order valence-corrected chi connectivity index (χ1v) is 8.15. The van der Waals surface area contributed by atoms with Crippen molar-refractivity contribution in [2.45, 2.75) is 18.6 Å². The third kappa shape index (κ3) is 1.96. The van der Waals surface area contributed by atoms with Crippen molar-refractivity contribution in [3.05, 3.63) is 24.8 Å². The number of nitrogens with two attached hydrogens (primary N) is 1. The molecule has 2 N–H and O–H groups in total. The summed E-state index contributed by atoms with van der Waals surface area (Å²) in [6, 6.07) is 1.99. The quantitative estimate of drug-likeness (QED) is 0.718. The Balaban J connectivity index is 1.56. The molecule has 8 heteroatoms. The summed E-state index contributed by atoms with van der Waals surface area (Å²) in [4.78, 5) is 15.5. The Morgan fingerprint density at radius 2 is 1.96 bits per heavy atom. The predicted molar refractivity (Wildman–Crippen MR) is 88.8 cm³/mol. The van der Waals surface area contributed by atoms with E-state index in [1.807, 2.05) is 16.7 Å². The second-order valence-corrected chi connectivity index (χ2v) is 6.24. The Morgan fingerprint density at radius 3 is 2.75 bits per heavy atom. The molecule has 0 atom stereocenters. The van der Waals surface area contributed by atoms with E-state index in [9.17, 15) is 0 Å². The van der Waals surface area contributed by atoms with Crippen molar-refractivity contribution in [3.8, 4) is 0 Å². The molecule has 124 valence electrons. The topological polar surface area (TPSA) is 90.8 Å². The Bertz CT molecular complexity index is 907. The molecule has 2 aliphatic heterocycles. The van der Waals surface area contributed by atoms with Gasteiger partial charge in [0, 0.05) is 32.1 Å². The fourth-order valence-electron chi connectivity index (χ4n) is 3.68. The van der Waals surface area contributed by atoms with E-state index < -0.39 is 0 Å². The molecule has 3 aromatic rings. The summed E-state index contributed by atoms with van der Waals surface area (Å²) in [5.41, 5.74) is 9.48. The SMILES string of the molecule is Nc1nc2c(N3CCC4(CC3)OCCO4)ccnc2n2cncc12. The maximum Gasteiger partial charge on any atom is 0.171 e. The summed E-state index contributed by atoms with van der Waals surface area (Å²) >= 11 is 0. The Labute approximate surface area is 138 Å². The van der Waals surface area contributed by atoms with Crippen LogP contribution in [0.3, 0.4) is 0 Å². The number of piperidine rings is 1. The van der Waals surface area contributed by atoms with E-state index in [0.29, 0.717) is 19.0 Å². The lowest BCUT2D eigenvalue weighted by Gasteiger charge is -2.38. The monoisotopic (exact) mass is 326 g/mol. The summed E-state index contributed by atoms with van der Waals surface area (Å²) in [6.45, 7) is 3.08. The number of hydrogen-bond acceptors (Lipinski definition) is 7. The molecular formula is C16H18N6O2. The predicted octanol–water partition coefficient (Wildman–Crippen LogP) is 1.20. The van der Waals surface area contributed by atoms with Crippen LogP contribution in [0.25, 0.3) is 16.7 Å². The van der Waals surface area contributed by atoms with Gasteiger partial charge in [0.25, 0.3) is 0 Å². The van der Waals surface area contributed by atoms with Gasteiger partial charge in [-0.1, -0.05) is 0 Å². The first kappa shape index (κ1) is 13.9. The van der Waals surface area contributed by atoms with Gasteiger partial charge >= 0.3 is 0 Å². The fourth-order valence-corrected chi connectivity index (χ4v) is 3.68. The lowest BCUT2D eigenvalue weighted by Crippen LogP contribution is -2.45. The van der Waals surface area contributed by atoms with Gasteiger partial charge in [-0.3, -0.25) is 4.40 Å². The van der Waals surface area contributed by atoms with Crippen LogP contribution in [0.15, 0.2) is 24.8 Å². The molecule has 2 aliphatic rings. The lowest BCUT2D eigenvalue weighted by molar-refractivity contribution is -0.169. The van der Waals surface area contributed by atoms with E-state index in [1.54, 1.807) is 12.5 Å². The molecule has 0 radical (unpaired) electrons. The van der Waals surface area contributed by atoms with Gasteiger partial charge in [-0.2, -0.15) is 0 Å². The van der Waals surface area contributed by atoms with Crippen LogP contribution >= 0.6 is 0 Å². The molecule has 0 saturated carbocycles. The number of ether oxygens (including phenoxy) is 2. The van der Waals surface area contributed by atoms with Gasteiger partial charge in [-0.25, -0.2) is 15.0 Å². The van der Waals surface area contributed by atoms with Gasteiger partial charge in [-0.15, -0.1) is 0 Å². The van der Waals surface area contributed by atoms with Crippen LogP contribution in [0.5, 0.6) is 0 Å². The number of rotatable bonds is 1. The minimum Gasteiger partial charge on any atom is -0.382 e. The molecule has 5 rings (SSSR count). The molecule has 0 bridgehead atoms. The van der Waals surface area contributed by atoms with Crippen molar-refractivity contribution < 1.29 is 9.47 Å². The number of nitrogens with zero attached hydrogens (tertiary/aromatic N) is 5. The molecule has 3 aromatic heterocycles. The van der Waals surface area contributed by atoms with E-state index in [4.69, 9.17) is 15.2 Å². The number of hydrogen-bond donors (Lipinski definition) is 1. The van der Waals surface area contributed by atoms with Gasteiger partial charge in [-0.05, 0) is 6.07 Å². The normalized spacial score (nSPS) is 20.4. The van der Waals surface area contributed by atoms with Crippen LogP contribution in [0.4, 0.5) is 11.5 Å². The molecule has 0 unspecified atom stereocenters. The van der Waals surface area contributed by atoms with Crippen molar-refractivity contribution in [3.63, 3.8) is 0 Å². The van der Waals surface area contributed by atoms with Crippen LogP contribution < -0.4 is 10.6 Å². The highest BCUT2D eigenvalue weighted by molar-refractivity contribution is 5.90. The summed E-state index contributed by atoms with van der Waals surface area (Å²) < 4.78 is 13.5. The molecule has 1 spiro atoms. The van der Waals surface area contributed by atoms with Crippen molar-refractivity contribution in [1.82, 2.24) is 19.4 Å². The first-order chi connectivity index (χ1) is 11.8. The maximum absolute atomic E-state index is 6.10. The number of aromatic nitrogens is 4. The van der Waals surface area contributed by atoms with Crippen molar-refractivity contribution >= 4 is 28.2 Å². The van der Waals surface area contributed by atoms with Gasteiger partial charge in [0.2, 0.25) is 0 Å². The van der Waals surface area contributed by atoms with E-state index >= 15 is 0 Å². The smallest absolute Gasteiger partial charge is 0.171 e. The third-order valence-electron chi connectivity index (χ3n) is 4.92. The van der Waals surface area contributed by atoms with Gasteiger partial charge < -0.3 is 20.1 Å². The number of anilines is 2. The molecule has 5 heterocycles. The van der Waals surface area contributed by atoms with E-state index in [-0.39, 0.29) is 5.79 Å². The molecule has 0 aromatic carbocycles. The summed E-state index contributed by atoms with van der Waals surface area (Å²) in [7, 11) is 0. The Hall–Kier alpha value is -2.45. The molecule has 24 heavy (non-hydrogen) atoms. The number of fused-ring (bicyclic) bond motifs is 3. The third-order valence-corrected chi connectivity index (χ3v) is 4.92. The number of nitrogen functional groups attached to an aromatic ring is 1. The molecule has 8 nitrogen and oxygen atoms in total. The van der Waals surface area contributed by atoms with Crippen molar-refractivity contribution in [2.24, 2.45) is 0 Å². The second kappa shape index (κ2) is 5.02. The number of imidazole rings is 1. The van der Waals surface area contributed by atoms with Crippen LogP contribution in [0, 0.1) is 0 Å². The largest absolute Gasteiger partial charge is 0.382 e. The zero-order valence-electron chi connectivity index (χ0n) is 13.2.